The molecule has 1 rings (SSSR count). The van der Waals surface area contributed by atoms with Crippen LogP contribution in [-0.4, -0.2) is 55.7 Å². The van der Waals surface area contributed by atoms with Crippen LogP contribution in [0, 0.1) is 23.2 Å². The Morgan fingerprint density at radius 1 is 1.26 bits per heavy atom. The van der Waals surface area contributed by atoms with Crippen LogP contribution in [0.3, 0.4) is 0 Å². The molecule has 0 saturated carbocycles. The van der Waals surface area contributed by atoms with Gasteiger partial charge in [-0.05, 0) is 44.4 Å². The molecule has 5 atom stereocenters. The summed E-state index contributed by atoms with van der Waals surface area (Å²) in [5.41, 5.74) is 0.496. The van der Waals surface area contributed by atoms with Gasteiger partial charge in [-0.3, -0.25) is 9.59 Å². The summed E-state index contributed by atoms with van der Waals surface area (Å²) in [7, 11) is 3.14. The molecule has 0 saturated heterocycles. The molecule has 0 unspecified atom stereocenters. The fraction of sp³-hybridized carbons (Fsp3) is 0.548. The van der Waals surface area contributed by atoms with Gasteiger partial charge in [0.1, 0.15) is 11.8 Å². The van der Waals surface area contributed by atoms with E-state index in [9.17, 15) is 14.7 Å². The third-order valence-electron chi connectivity index (χ3n) is 6.16. The van der Waals surface area contributed by atoms with Crippen LogP contribution in [0.5, 0.6) is 0 Å². The second-order valence-electron chi connectivity index (χ2n) is 10.5. The molecule has 2 amide bonds. The number of hydrogen-bond acceptors (Lipinski definition) is 6. The second-order valence-corrected chi connectivity index (χ2v) is 10.5. The Morgan fingerprint density at radius 2 is 1.95 bits per heavy atom. The number of carbonyl (C=O) groups excluding carboxylic acids is 2. The minimum absolute atomic E-state index is 0.0432. The number of hydrogen-bond donors (Lipinski definition) is 3. The molecule has 3 N–H and O–H groups in total. The van der Waals surface area contributed by atoms with Gasteiger partial charge in [-0.25, -0.2) is 0 Å². The number of ether oxygens (including phenoxy) is 3. The van der Waals surface area contributed by atoms with E-state index >= 15 is 0 Å². The standard InChI is InChI=1S/C31H46N2O6/c1-9-10-15-24(37-7)16-13-20-32-29(35)28(31(4,5)6)33-27(34)17-12-11-14-22(2)21-23(3)25-18-19-26(38-8)30(36)39-25/h11-14,17,19-21,23-25,28,30,36H,15-16,18H2,1-8H3,(H,32,35)(H,33,34)/b14-11-,17-12-,20-13-,22-21+/t23-,24-,25-,28+,30+/m0/s1. The number of nitrogens with one attached hydrogen (secondary N) is 2. The maximum absolute atomic E-state index is 12.8. The molecule has 0 aromatic rings. The Morgan fingerprint density at radius 3 is 2.54 bits per heavy atom. The first-order chi connectivity index (χ1) is 18.4. The molecule has 8 nitrogen and oxygen atoms in total. The van der Waals surface area contributed by atoms with Gasteiger partial charge in [0.25, 0.3) is 0 Å². The van der Waals surface area contributed by atoms with Crippen molar-refractivity contribution in [3.05, 3.63) is 60.1 Å². The average Bonchev–Trinajstić information content (AvgIpc) is 2.88. The Bertz CT molecular complexity index is 1010. The summed E-state index contributed by atoms with van der Waals surface area (Å²) in [5.74, 6) is 5.66. The van der Waals surface area contributed by atoms with Gasteiger partial charge in [0.15, 0.2) is 0 Å². The van der Waals surface area contributed by atoms with Crippen LogP contribution >= 0.6 is 0 Å². The smallest absolute Gasteiger partial charge is 0.247 e. The molecule has 0 spiro atoms. The van der Waals surface area contributed by atoms with Gasteiger partial charge in [0.2, 0.25) is 18.1 Å². The van der Waals surface area contributed by atoms with E-state index in [1.54, 1.807) is 32.4 Å². The fourth-order valence-electron chi connectivity index (χ4n) is 3.86. The summed E-state index contributed by atoms with van der Waals surface area (Å²) in [6, 6.07) is -0.728. The Hall–Kier alpha value is -3.12. The van der Waals surface area contributed by atoms with Crippen molar-refractivity contribution in [2.24, 2.45) is 11.3 Å². The topological polar surface area (TPSA) is 106 Å². The van der Waals surface area contributed by atoms with Crippen molar-refractivity contribution in [2.75, 3.05) is 14.2 Å². The highest BCUT2D eigenvalue weighted by Crippen LogP contribution is 2.25. The lowest BCUT2D eigenvalue weighted by Gasteiger charge is -2.29. The third kappa shape index (κ3) is 13.0. The van der Waals surface area contributed by atoms with E-state index in [1.807, 2.05) is 58.9 Å². The van der Waals surface area contributed by atoms with Gasteiger partial charge in [-0.2, -0.15) is 0 Å². The molecule has 0 bridgehead atoms. The van der Waals surface area contributed by atoms with Gasteiger partial charge in [0, 0.05) is 25.5 Å². The summed E-state index contributed by atoms with van der Waals surface area (Å²) in [6.45, 7) is 11.4. The molecule has 0 fully saturated rings. The lowest BCUT2D eigenvalue weighted by atomic mass is 9.86. The third-order valence-corrected chi connectivity index (χ3v) is 6.16. The summed E-state index contributed by atoms with van der Waals surface area (Å²) < 4.78 is 16.1. The Balaban J connectivity index is 2.65. The van der Waals surface area contributed by atoms with Crippen molar-refractivity contribution < 1.29 is 28.9 Å². The van der Waals surface area contributed by atoms with Gasteiger partial charge < -0.3 is 30.0 Å². The number of methoxy groups -OCH3 is 2. The second kappa shape index (κ2) is 17.5. The van der Waals surface area contributed by atoms with E-state index in [1.165, 1.54) is 13.2 Å². The van der Waals surface area contributed by atoms with E-state index < -0.39 is 17.7 Å². The lowest BCUT2D eigenvalue weighted by Crippen LogP contribution is -2.52. The molecule has 0 aromatic heterocycles. The number of rotatable bonds is 13. The van der Waals surface area contributed by atoms with Gasteiger partial charge in [-0.1, -0.05) is 63.6 Å². The van der Waals surface area contributed by atoms with Crippen LogP contribution in [0.4, 0.5) is 0 Å². The highest BCUT2D eigenvalue weighted by Gasteiger charge is 2.32. The van der Waals surface area contributed by atoms with E-state index in [4.69, 9.17) is 14.2 Å². The number of carbonyl (C=O) groups is 2. The molecule has 1 heterocycles. The van der Waals surface area contributed by atoms with Gasteiger partial charge >= 0.3 is 0 Å². The molecular formula is C31H46N2O6. The van der Waals surface area contributed by atoms with E-state index in [2.05, 4.69) is 22.5 Å². The first kappa shape index (κ1) is 33.9. The molecule has 216 valence electrons. The summed E-state index contributed by atoms with van der Waals surface area (Å²) in [6.07, 6.45) is 14.6. The quantitative estimate of drug-likeness (QED) is 0.182. The minimum Gasteiger partial charge on any atom is -0.496 e. The molecule has 8 heteroatoms. The maximum atomic E-state index is 12.8. The zero-order valence-corrected chi connectivity index (χ0v) is 24.6. The van der Waals surface area contributed by atoms with Gasteiger partial charge in [0.05, 0.1) is 19.3 Å². The van der Waals surface area contributed by atoms with Crippen molar-refractivity contribution in [1.82, 2.24) is 10.6 Å². The highest BCUT2D eigenvalue weighted by atomic mass is 16.6. The zero-order chi connectivity index (χ0) is 29.4. The predicted molar refractivity (Wildman–Crippen MR) is 154 cm³/mol. The number of aliphatic hydroxyl groups excluding tert-OH is 1. The SMILES string of the molecule is CC#CC[C@@H](C/C=C\NC(=O)[C@@H](NC(=O)\C=C/C=C\C(C)=C\[C@H](C)[C@@H]1CC=C(OC)[C@H](O)O1)C(C)(C)C)OC. The van der Waals surface area contributed by atoms with Crippen molar-refractivity contribution in [2.45, 2.75) is 85.3 Å². The molecule has 0 aromatic carbocycles. The summed E-state index contributed by atoms with van der Waals surface area (Å²) in [4.78, 5) is 25.4. The van der Waals surface area contributed by atoms with Crippen LogP contribution in [-0.2, 0) is 23.8 Å². The summed E-state index contributed by atoms with van der Waals surface area (Å²) in [5, 5.41) is 15.5. The van der Waals surface area contributed by atoms with Crippen LogP contribution in [0.2, 0.25) is 0 Å². The minimum atomic E-state index is -1.05. The maximum Gasteiger partial charge on any atom is 0.247 e. The van der Waals surface area contributed by atoms with E-state index in [0.29, 0.717) is 25.0 Å². The van der Waals surface area contributed by atoms with Crippen LogP contribution < -0.4 is 10.6 Å². The van der Waals surface area contributed by atoms with E-state index in [0.717, 1.165) is 5.57 Å². The first-order valence-electron chi connectivity index (χ1n) is 13.2. The Labute approximate surface area is 234 Å². The van der Waals surface area contributed by atoms with Crippen molar-refractivity contribution in [3.8, 4) is 11.8 Å². The zero-order valence-electron chi connectivity index (χ0n) is 24.6. The highest BCUT2D eigenvalue weighted by molar-refractivity contribution is 5.93. The normalized spacial score (nSPS) is 20.7. The number of aliphatic hydroxyl groups is 1. The van der Waals surface area contributed by atoms with Crippen molar-refractivity contribution >= 4 is 11.8 Å². The number of amides is 2. The molecule has 39 heavy (non-hydrogen) atoms. The largest absolute Gasteiger partial charge is 0.496 e. The first-order valence-corrected chi connectivity index (χ1v) is 13.2. The fourth-order valence-corrected chi connectivity index (χ4v) is 3.86. The van der Waals surface area contributed by atoms with Crippen LogP contribution in [0.15, 0.2) is 60.1 Å². The van der Waals surface area contributed by atoms with Crippen LogP contribution in [0.1, 0.15) is 60.8 Å². The Kier molecular flexibility index (Phi) is 15.2. The molecule has 1 aliphatic heterocycles. The molecule has 1 aliphatic rings. The summed E-state index contributed by atoms with van der Waals surface area (Å²) >= 11 is 0. The van der Waals surface area contributed by atoms with E-state index in [-0.39, 0.29) is 29.9 Å². The molecule has 0 radical (unpaired) electrons. The van der Waals surface area contributed by atoms with Gasteiger partial charge in [-0.15, -0.1) is 11.8 Å². The molecular weight excluding hydrogens is 496 g/mol. The molecule has 0 aliphatic carbocycles. The van der Waals surface area contributed by atoms with Crippen molar-refractivity contribution in [1.29, 1.82) is 0 Å². The predicted octanol–water partition coefficient (Wildman–Crippen LogP) is 4.30. The van der Waals surface area contributed by atoms with Crippen LogP contribution in [0.25, 0.3) is 0 Å². The number of allylic oxidation sites excluding steroid dienone is 4. The lowest BCUT2D eigenvalue weighted by molar-refractivity contribution is -0.150. The monoisotopic (exact) mass is 542 g/mol. The van der Waals surface area contributed by atoms with Crippen molar-refractivity contribution in [3.63, 3.8) is 0 Å². The average molecular weight is 543 g/mol.